The van der Waals surface area contributed by atoms with Crippen molar-refractivity contribution in [3.05, 3.63) is 0 Å². The second-order valence-corrected chi connectivity index (χ2v) is 5.26. The normalized spacial score (nSPS) is 9.36. The predicted octanol–water partition coefficient (Wildman–Crippen LogP) is 0.137. The Bertz CT molecular complexity index is 376. The van der Waals surface area contributed by atoms with E-state index < -0.39 is 23.9 Å². The van der Waals surface area contributed by atoms with Crippen LogP contribution in [-0.2, 0) is 19.2 Å². The molecule has 16 N–H and O–H groups in total. The summed E-state index contributed by atoms with van der Waals surface area (Å²) in [6, 6.07) is 0. The molecule has 14 heteroatoms. The van der Waals surface area contributed by atoms with E-state index in [1.807, 2.05) is 0 Å². The molecule has 170 valence electrons. The molecule has 0 atom stereocenters. The summed E-state index contributed by atoms with van der Waals surface area (Å²) in [7, 11) is 0. The van der Waals surface area contributed by atoms with Gasteiger partial charge in [-0.25, -0.2) is 0 Å². The molecule has 0 fully saturated rings. The first kappa shape index (κ1) is 36.5. The van der Waals surface area contributed by atoms with E-state index in [1.165, 1.54) is 0 Å². The van der Waals surface area contributed by atoms with Crippen LogP contribution in [0, 0.1) is 0 Å². The second-order valence-electron chi connectivity index (χ2n) is 5.26. The Balaban J connectivity index is -0.000000441. The number of rotatable bonds is 15. The minimum absolute atomic E-state index is 0. The molecule has 0 aliphatic carbocycles. The topological polar surface area (TPSA) is 296 Å². The summed E-state index contributed by atoms with van der Waals surface area (Å²) in [5.41, 5.74) is 0. The Morgan fingerprint density at radius 2 is 0.607 bits per heavy atom. The van der Waals surface area contributed by atoms with Crippen molar-refractivity contribution in [1.29, 1.82) is 0 Å². The molecule has 0 aliphatic heterocycles. The fraction of sp³-hybridized carbons (Fsp3) is 0.714. The van der Waals surface area contributed by atoms with Gasteiger partial charge in [-0.05, 0) is 0 Å². The van der Waals surface area contributed by atoms with Gasteiger partial charge in [-0.2, -0.15) is 0 Å². The Hall–Kier alpha value is -2.36. The average molecular weight is 416 g/mol. The lowest BCUT2D eigenvalue weighted by Crippen LogP contribution is -2.39. The molecule has 0 unspecified atom stereocenters. The van der Waals surface area contributed by atoms with Crippen molar-refractivity contribution in [1.82, 2.24) is 34.4 Å². The van der Waals surface area contributed by atoms with Crippen LogP contribution >= 0.6 is 0 Å². The van der Waals surface area contributed by atoms with Crippen molar-refractivity contribution in [3.8, 4) is 0 Å². The Morgan fingerprint density at radius 1 is 0.429 bits per heavy atom. The average Bonchev–Trinajstić information content (AvgIpc) is 2.47. The van der Waals surface area contributed by atoms with Gasteiger partial charge < -0.3 is 54.8 Å². The summed E-state index contributed by atoms with van der Waals surface area (Å²) >= 11 is 0. The quantitative estimate of drug-likeness (QED) is 0.176. The predicted molar refractivity (Wildman–Crippen MR) is 102 cm³/mol. The van der Waals surface area contributed by atoms with Crippen molar-refractivity contribution in [3.63, 3.8) is 0 Å². The maximum atomic E-state index is 10.7. The van der Waals surface area contributed by atoms with E-state index in [0.717, 1.165) is 0 Å². The maximum absolute atomic E-state index is 10.7. The lowest BCUT2D eigenvalue weighted by Gasteiger charge is -2.26. The number of aliphatic carboxylic acids is 4. The van der Waals surface area contributed by atoms with Gasteiger partial charge >= 0.3 is 23.9 Å². The zero-order chi connectivity index (χ0) is 18.5. The Kier molecular flexibility index (Phi) is 27.3. The van der Waals surface area contributed by atoms with Crippen molar-refractivity contribution in [2.75, 3.05) is 39.3 Å². The van der Waals surface area contributed by atoms with Crippen molar-refractivity contribution < 1.29 is 39.6 Å². The van der Waals surface area contributed by atoms with Crippen LogP contribution in [0.5, 0.6) is 0 Å². The standard InChI is InChI=1S/C14H24N2O8.4H3N/c17-11(18)1-5-15(6-2-12(19)20)9-10-16(7-3-13(21)22)8-4-14(23)24;;;;/h1-10H2,(H,17,18)(H,19,20)(H,21,22)(H,23,24);4*1H3. The number of hydrogen-bond donors (Lipinski definition) is 8. The molecule has 0 rings (SSSR count). The first-order chi connectivity index (χ1) is 11.2. The SMILES string of the molecule is N.N.N.N.O=C(O)CCN(CCC(=O)O)CCN(CCC(=O)O)CCC(=O)O. The summed E-state index contributed by atoms with van der Waals surface area (Å²) in [4.78, 5) is 45.9. The summed E-state index contributed by atoms with van der Waals surface area (Å²) < 4.78 is 0. The van der Waals surface area contributed by atoms with Gasteiger partial charge in [-0.15, -0.1) is 0 Å². The fourth-order valence-electron chi connectivity index (χ4n) is 1.97. The van der Waals surface area contributed by atoms with Gasteiger partial charge in [0, 0.05) is 39.3 Å². The molecule has 0 spiro atoms. The zero-order valence-corrected chi connectivity index (χ0v) is 16.2. The molecule has 0 aromatic carbocycles. The molecule has 28 heavy (non-hydrogen) atoms. The number of nitrogens with zero attached hydrogens (tertiary/aromatic N) is 2. The minimum atomic E-state index is -0.996. The molecule has 0 aliphatic rings. The first-order valence-electron chi connectivity index (χ1n) is 7.52. The van der Waals surface area contributed by atoms with E-state index in [4.69, 9.17) is 20.4 Å². The number of hydrogen-bond acceptors (Lipinski definition) is 10. The molecule has 0 radical (unpaired) electrons. The van der Waals surface area contributed by atoms with Gasteiger partial charge in [-0.1, -0.05) is 0 Å². The highest BCUT2D eigenvalue weighted by atomic mass is 16.4. The maximum Gasteiger partial charge on any atom is 0.304 e. The van der Waals surface area contributed by atoms with Gasteiger partial charge in [0.2, 0.25) is 0 Å². The highest BCUT2D eigenvalue weighted by molar-refractivity contribution is 5.68. The molecular formula is C14H36N6O8. The Morgan fingerprint density at radius 3 is 0.750 bits per heavy atom. The van der Waals surface area contributed by atoms with Crippen molar-refractivity contribution in [2.45, 2.75) is 25.7 Å². The van der Waals surface area contributed by atoms with Gasteiger partial charge in [0.05, 0.1) is 25.7 Å². The lowest BCUT2D eigenvalue weighted by molar-refractivity contribution is -0.139. The zero-order valence-electron chi connectivity index (χ0n) is 16.2. The lowest BCUT2D eigenvalue weighted by atomic mass is 10.3. The van der Waals surface area contributed by atoms with E-state index >= 15 is 0 Å². The van der Waals surface area contributed by atoms with Crippen LogP contribution in [0.15, 0.2) is 0 Å². The van der Waals surface area contributed by atoms with Crippen LogP contribution in [0.1, 0.15) is 25.7 Å². The highest BCUT2D eigenvalue weighted by Crippen LogP contribution is 2.00. The van der Waals surface area contributed by atoms with Crippen LogP contribution in [0.3, 0.4) is 0 Å². The number of carbonyl (C=O) groups is 4. The van der Waals surface area contributed by atoms with Crippen LogP contribution < -0.4 is 24.6 Å². The largest absolute Gasteiger partial charge is 0.481 e. The smallest absolute Gasteiger partial charge is 0.304 e. The van der Waals surface area contributed by atoms with E-state index in [1.54, 1.807) is 9.80 Å². The van der Waals surface area contributed by atoms with Crippen LogP contribution in [0.25, 0.3) is 0 Å². The fourth-order valence-corrected chi connectivity index (χ4v) is 1.97. The van der Waals surface area contributed by atoms with Gasteiger partial charge in [0.25, 0.3) is 0 Å². The van der Waals surface area contributed by atoms with E-state index in [9.17, 15) is 19.2 Å². The third-order valence-electron chi connectivity index (χ3n) is 3.30. The molecule has 0 aromatic heterocycles. The molecule has 14 nitrogen and oxygen atoms in total. The third-order valence-corrected chi connectivity index (χ3v) is 3.30. The summed E-state index contributed by atoms with van der Waals surface area (Å²) in [6.07, 6.45) is -0.540. The van der Waals surface area contributed by atoms with Gasteiger partial charge in [0.1, 0.15) is 0 Å². The molecule has 0 amide bonds. The van der Waals surface area contributed by atoms with Crippen molar-refractivity contribution in [2.24, 2.45) is 0 Å². The van der Waals surface area contributed by atoms with Crippen LogP contribution in [0.2, 0.25) is 0 Å². The van der Waals surface area contributed by atoms with E-state index in [2.05, 4.69) is 0 Å². The van der Waals surface area contributed by atoms with E-state index in [0.29, 0.717) is 13.1 Å². The number of carboxylic acid groups (broad SMARTS) is 4. The van der Waals surface area contributed by atoms with Crippen molar-refractivity contribution >= 4 is 23.9 Å². The molecular weight excluding hydrogens is 380 g/mol. The highest BCUT2D eigenvalue weighted by Gasteiger charge is 2.14. The van der Waals surface area contributed by atoms with Crippen LogP contribution in [0.4, 0.5) is 0 Å². The third kappa shape index (κ3) is 23.6. The summed E-state index contributed by atoms with van der Waals surface area (Å²) in [6.45, 7) is 1.37. The second kappa shape index (κ2) is 20.9. The molecule has 0 aromatic rings. The van der Waals surface area contributed by atoms with Gasteiger partial charge in [-0.3, -0.25) is 19.2 Å². The first-order valence-corrected chi connectivity index (χ1v) is 7.52. The molecule has 0 bridgehead atoms. The van der Waals surface area contributed by atoms with Crippen LogP contribution in [-0.4, -0.2) is 93.4 Å². The van der Waals surface area contributed by atoms with E-state index in [-0.39, 0.29) is 76.5 Å². The number of carboxylic acids is 4. The summed E-state index contributed by atoms with van der Waals surface area (Å²) in [5.74, 6) is -3.99. The summed E-state index contributed by atoms with van der Waals surface area (Å²) in [5, 5.41) is 34.9. The molecule has 0 heterocycles. The van der Waals surface area contributed by atoms with Gasteiger partial charge in [0.15, 0.2) is 0 Å². The molecule has 0 saturated carbocycles. The Labute approximate surface area is 163 Å². The monoisotopic (exact) mass is 416 g/mol. The minimum Gasteiger partial charge on any atom is -0.481 e. The molecule has 0 saturated heterocycles.